The second-order valence-corrected chi connectivity index (χ2v) is 6.96. The predicted octanol–water partition coefficient (Wildman–Crippen LogP) is 1.76. The van der Waals surface area contributed by atoms with Gasteiger partial charge >= 0.3 is 0 Å². The zero-order chi connectivity index (χ0) is 13.2. The molecule has 1 aromatic rings. The van der Waals surface area contributed by atoms with E-state index in [2.05, 4.69) is 4.98 Å². The summed E-state index contributed by atoms with van der Waals surface area (Å²) in [5, 5.41) is -0.256. The summed E-state index contributed by atoms with van der Waals surface area (Å²) in [6.07, 6.45) is 6.15. The molecule has 6 heteroatoms. The molecule has 100 valence electrons. The fraction of sp³-hybridized carbons (Fsp3) is 0.583. The van der Waals surface area contributed by atoms with Crippen LogP contribution in [0.3, 0.4) is 0 Å². The van der Waals surface area contributed by atoms with Gasteiger partial charge < -0.3 is 5.73 Å². The third kappa shape index (κ3) is 2.58. The average Bonchev–Trinajstić information content (AvgIpc) is 2.40. The van der Waals surface area contributed by atoms with Gasteiger partial charge in [-0.25, -0.2) is 13.4 Å². The lowest BCUT2D eigenvalue weighted by Gasteiger charge is -2.28. The van der Waals surface area contributed by atoms with Crippen molar-refractivity contribution in [1.29, 1.82) is 0 Å². The minimum absolute atomic E-state index is 0.256. The number of nitrogen functional groups attached to an aromatic ring is 1. The Morgan fingerprint density at radius 3 is 2.50 bits per heavy atom. The number of hydrogen-bond donors (Lipinski definition) is 1. The molecular weight excluding hydrogens is 250 g/mol. The molecule has 0 spiro atoms. The fourth-order valence-corrected chi connectivity index (χ4v) is 4.10. The minimum Gasteiger partial charge on any atom is -0.384 e. The van der Waals surface area contributed by atoms with Crippen LogP contribution in [0.25, 0.3) is 0 Å². The number of rotatable bonds is 3. The van der Waals surface area contributed by atoms with Crippen molar-refractivity contribution < 1.29 is 8.42 Å². The highest BCUT2D eigenvalue weighted by Crippen LogP contribution is 2.28. The van der Waals surface area contributed by atoms with Gasteiger partial charge in [-0.3, -0.25) is 4.31 Å². The van der Waals surface area contributed by atoms with E-state index in [1.165, 1.54) is 10.5 Å². The van der Waals surface area contributed by atoms with E-state index in [4.69, 9.17) is 5.73 Å². The molecule has 0 saturated heterocycles. The van der Waals surface area contributed by atoms with E-state index in [0.717, 1.165) is 32.1 Å². The number of pyridine rings is 1. The number of nitrogens with two attached hydrogens (primary N) is 1. The maximum atomic E-state index is 12.4. The molecule has 2 N–H and O–H groups in total. The van der Waals surface area contributed by atoms with Gasteiger partial charge in [-0.05, 0) is 25.0 Å². The molecular formula is C12H19N3O2S. The maximum Gasteiger partial charge on any atom is 0.237 e. The zero-order valence-corrected chi connectivity index (χ0v) is 11.4. The summed E-state index contributed by atoms with van der Waals surface area (Å²) in [6, 6.07) is 3.30. The molecule has 18 heavy (non-hydrogen) atoms. The number of anilines is 2. The molecule has 0 bridgehead atoms. The first-order valence-electron chi connectivity index (χ1n) is 6.21. The Balaban J connectivity index is 2.20. The number of sulfonamides is 1. The van der Waals surface area contributed by atoms with Crippen LogP contribution in [-0.4, -0.2) is 25.7 Å². The first-order chi connectivity index (χ1) is 8.51. The molecule has 0 radical (unpaired) electrons. The van der Waals surface area contributed by atoms with E-state index in [-0.39, 0.29) is 5.25 Å². The molecule has 0 aliphatic heterocycles. The van der Waals surface area contributed by atoms with Crippen LogP contribution in [0.4, 0.5) is 11.5 Å². The van der Waals surface area contributed by atoms with Gasteiger partial charge in [0.25, 0.3) is 0 Å². The third-order valence-corrected chi connectivity index (χ3v) is 5.78. The van der Waals surface area contributed by atoms with E-state index < -0.39 is 10.0 Å². The predicted molar refractivity (Wildman–Crippen MR) is 72.8 cm³/mol. The van der Waals surface area contributed by atoms with Crippen molar-refractivity contribution in [2.24, 2.45) is 0 Å². The first kappa shape index (κ1) is 13.1. The van der Waals surface area contributed by atoms with Crippen molar-refractivity contribution in [2.75, 3.05) is 17.1 Å². The Bertz CT molecular complexity index is 493. The molecule has 1 saturated carbocycles. The lowest BCUT2D eigenvalue weighted by Crippen LogP contribution is -2.37. The molecule has 0 amide bonds. The zero-order valence-electron chi connectivity index (χ0n) is 10.5. The second kappa shape index (κ2) is 5.14. The van der Waals surface area contributed by atoms with E-state index in [1.807, 2.05) is 0 Å². The summed E-state index contributed by atoms with van der Waals surface area (Å²) in [5.41, 5.74) is 6.06. The van der Waals surface area contributed by atoms with Crippen molar-refractivity contribution >= 4 is 21.5 Å². The molecule has 5 nitrogen and oxygen atoms in total. The SMILES string of the molecule is CN(c1ccc(N)nc1)S(=O)(=O)C1CCCCC1. The van der Waals surface area contributed by atoms with Gasteiger partial charge in [0.05, 0.1) is 17.1 Å². The largest absolute Gasteiger partial charge is 0.384 e. The molecule has 0 aromatic carbocycles. The van der Waals surface area contributed by atoms with Crippen LogP contribution in [0, 0.1) is 0 Å². The Hall–Kier alpha value is -1.30. The number of aromatic nitrogens is 1. The van der Waals surface area contributed by atoms with Crippen molar-refractivity contribution in [3.8, 4) is 0 Å². The highest BCUT2D eigenvalue weighted by molar-refractivity contribution is 7.93. The molecule has 1 aromatic heterocycles. The summed E-state index contributed by atoms with van der Waals surface area (Å²) in [4.78, 5) is 3.93. The molecule has 1 aliphatic carbocycles. The van der Waals surface area contributed by atoms with Crippen LogP contribution in [0.5, 0.6) is 0 Å². The van der Waals surface area contributed by atoms with Crippen LogP contribution in [0.2, 0.25) is 0 Å². The van der Waals surface area contributed by atoms with Crippen LogP contribution in [0.1, 0.15) is 32.1 Å². The first-order valence-corrected chi connectivity index (χ1v) is 7.71. The highest BCUT2D eigenvalue weighted by Gasteiger charge is 2.31. The second-order valence-electron chi connectivity index (χ2n) is 4.71. The van der Waals surface area contributed by atoms with Gasteiger partial charge in [0.1, 0.15) is 5.82 Å². The van der Waals surface area contributed by atoms with E-state index >= 15 is 0 Å². The normalized spacial score (nSPS) is 17.6. The molecule has 2 rings (SSSR count). The Morgan fingerprint density at radius 1 is 1.28 bits per heavy atom. The van der Waals surface area contributed by atoms with Crippen molar-refractivity contribution in [1.82, 2.24) is 4.98 Å². The van der Waals surface area contributed by atoms with Crippen LogP contribution >= 0.6 is 0 Å². The lowest BCUT2D eigenvalue weighted by molar-refractivity contribution is 0.483. The fourth-order valence-electron chi connectivity index (χ4n) is 2.32. The monoisotopic (exact) mass is 269 g/mol. The Kier molecular flexibility index (Phi) is 3.75. The topological polar surface area (TPSA) is 76.3 Å². The molecule has 0 unspecified atom stereocenters. The van der Waals surface area contributed by atoms with Gasteiger partial charge in [-0.1, -0.05) is 19.3 Å². The lowest BCUT2D eigenvalue weighted by atomic mass is 10.0. The Labute approximate surface area is 108 Å². The quantitative estimate of drug-likeness (QED) is 0.907. The standard InChI is InChI=1S/C12H19N3O2S/c1-15(10-7-8-12(13)14-9-10)18(16,17)11-5-3-2-4-6-11/h7-9,11H,2-6H2,1H3,(H2,13,14). The number of hydrogen-bond acceptors (Lipinski definition) is 4. The van der Waals surface area contributed by atoms with Gasteiger partial charge in [0, 0.05) is 7.05 Å². The summed E-state index contributed by atoms with van der Waals surface area (Å²) in [5.74, 6) is 0.391. The van der Waals surface area contributed by atoms with E-state index in [1.54, 1.807) is 19.2 Å². The number of nitrogens with zero attached hydrogens (tertiary/aromatic N) is 2. The van der Waals surface area contributed by atoms with E-state index in [9.17, 15) is 8.42 Å². The molecule has 0 atom stereocenters. The van der Waals surface area contributed by atoms with Gasteiger partial charge in [0.2, 0.25) is 10.0 Å². The molecule has 1 aliphatic rings. The highest BCUT2D eigenvalue weighted by atomic mass is 32.2. The van der Waals surface area contributed by atoms with Crippen molar-refractivity contribution in [3.05, 3.63) is 18.3 Å². The average molecular weight is 269 g/mol. The van der Waals surface area contributed by atoms with Gasteiger partial charge in [0.15, 0.2) is 0 Å². The minimum atomic E-state index is -3.28. The molecule has 1 heterocycles. The Morgan fingerprint density at radius 2 is 1.94 bits per heavy atom. The third-order valence-electron chi connectivity index (χ3n) is 3.49. The van der Waals surface area contributed by atoms with Gasteiger partial charge in [-0.2, -0.15) is 0 Å². The van der Waals surface area contributed by atoms with Crippen molar-refractivity contribution in [3.63, 3.8) is 0 Å². The van der Waals surface area contributed by atoms with Crippen LogP contribution < -0.4 is 10.0 Å². The smallest absolute Gasteiger partial charge is 0.237 e. The summed E-state index contributed by atoms with van der Waals surface area (Å²) in [6.45, 7) is 0. The van der Waals surface area contributed by atoms with Crippen molar-refractivity contribution in [2.45, 2.75) is 37.4 Å². The van der Waals surface area contributed by atoms with Gasteiger partial charge in [-0.15, -0.1) is 0 Å². The van der Waals surface area contributed by atoms with E-state index in [0.29, 0.717) is 11.5 Å². The summed E-state index contributed by atoms with van der Waals surface area (Å²) < 4.78 is 26.2. The van der Waals surface area contributed by atoms with Crippen LogP contribution in [-0.2, 0) is 10.0 Å². The molecule has 1 fully saturated rings. The summed E-state index contributed by atoms with van der Waals surface area (Å²) >= 11 is 0. The maximum absolute atomic E-state index is 12.4. The summed E-state index contributed by atoms with van der Waals surface area (Å²) in [7, 11) is -1.69. The van der Waals surface area contributed by atoms with Crippen LogP contribution in [0.15, 0.2) is 18.3 Å².